The first-order valence-electron chi connectivity index (χ1n) is 10.6. The van der Waals surface area contributed by atoms with Gasteiger partial charge in [0.25, 0.3) is 0 Å². The van der Waals surface area contributed by atoms with Crippen molar-refractivity contribution < 1.29 is 4.79 Å². The lowest BCUT2D eigenvalue weighted by Gasteiger charge is -2.32. The monoisotopic (exact) mass is 408 g/mol. The Balaban J connectivity index is 1.48. The van der Waals surface area contributed by atoms with E-state index in [-0.39, 0.29) is 5.78 Å². The van der Waals surface area contributed by atoms with Crippen molar-refractivity contribution in [2.45, 2.75) is 6.54 Å². The number of piperazine rings is 1. The molecule has 0 aliphatic carbocycles. The van der Waals surface area contributed by atoms with Gasteiger partial charge in [-0.05, 0) is 42.9 Å². The van der Waals surface area contributed by atoms with E-state index in [9.17, 15) is 10.1 Å². The van der Waals surface area contributed by atoms with Gasteiger partial charge in [-0.2, -0.15) is 5.26 Å². The maximum Gasteiger partial charge on any atom is 0.195 e. The Bertz CT molecular complexity index is 1310. The van der Waals surface area contributed by atoms with Gasteiger partial charge in [0.05, 0.1) is 17.1 Å². The lowest BCUT2D eigenvalue weighted by atomic mass is 9.97. The molecule has 0 saturated carbocycles. The summed E-state index contributed by atoms with van der Waals surface area (Å²) < 4.78 is 2.02. The highest BCUT2D eigenvalue weighted by atomic mass is 16.1. The highest BCUT2D eigenvalue weighted by Gasteiger charge is 2.18. The van der Waals surface area contributed by atoms with Crippen molar-refractivity contribution in [1.82, 2.24) is 14.2 Å². The van der Waals surface area contributed by atoms with Crippen molar-refractivity contribution in [1.29, 1.82) is 5.26 Å². The zero-order valence-electron chi connectivity index (χ0n) is 17.6. The lowest BCUT2D eigenvalue weighted by Crippen LogP contribution is -2.43. The third-order valence-electron chi connectivity index (χ3n) is 6.19. The average molecular weight is 409 g/mol. The predicted octanol–water partition coefficient (Wildman–Crippen LogP) is 3.94. The summed E-state index contributed by atoms with van der Waals surface area (Å²) >= 11 is 0. The van der Waals surface area contributed by atoms with Gasteiger partial charge in [0.1, 0.15) is 0 Å². The number of pyridine rings is 1. The van der Waals surface area contributed by atoms with Gasteiger partial charge < -0.3 is 9.30 Å². The summed E-state index contributed by atoms with van der Waals surface area (Å²) in [5.41, 5.74) is 4.77. The van der Waals surface area contributed by atoms with Crippen LogP contribution >= 0.6 is 0 Å². The molecular weight excluding hydrogens is 384 g/mol. The summed E-state index contributed by atoms with van der Waals surface area (Å²) in [5, 5.41) is 10.4. The Labute approximate surface area is 181 Å². The molecule has 0 unspecified atom stereocenters. The summed E-state index contributed by atoms with van der Waals surface area (Å²) in [6.07, 6.45) is 1.96. The van der Waals surface area contributed by atoms with Crippen LogP contribution in [0.4, 0.5) is 0 Å². The van der Waals surface area contributed by atoms with Gasteiger partial charge in [0.15, 0.2) is 5.78 Å². The van der Waals surface area contributed by atoms with Crippen LogP contribution in [-0.4, -0.2) is 53.2 Å². The van der Waals surface area contributed by atoms with E-state index in [1.165, 1.54) is 5.56 Å². The average Bonchev–Trinajstić information content (AvgIpc) is 3.29. The van der Waals surface area contributed by atoms with Crippen molar-refractivity contribution in [2.75, 3.05) is 33.2 Å². The third kappa shape index (κ3) is 3.72. The summed E-state index contributed by atoms with van der Waals surface area (Å²) in [6.45, 7) is 5.21. The van der Waals surface area contributed by atoms with Crippen LogP contribution in [-0.2, 0) is 6.54 Å². The van der Waals surface area contributed by atoms with E-state index in [1.54, 1.807) is 6.07 Å². The van der Waals surface area contributed by atoms with Crippen molar-refractivity contribution in [3.05, 3.63) is 89.1 Å². The molecule has 0 atom stereocenters. The predicted molar refractivity (Wildman–Crippen MR) is 122 cm³/mol. The highest BCUT2D eigenvalue weighted by Crippen LogP contribution is 2.26. The third-order valence-corrected chi connectivity index (χ3v) is 6.19. The van der Waals surface area contributed by atoms with Gasteiger partial charge in [-0.25, -0.2) is 0 Å². The van der Waals surface area contributed by atoms with E-state index in [0.717, 1.165) is 49.1 Å². The topological polar surface area (TPSA) is 51.8 Å². The molecule has 2 aromatic heterocycles. The molecule has 4 aromatic rings. The number of nitrogens with zero attached hydrogens (tertiary/aromatic N) is 4. The van der Waals surface area contributed by atoms with Crippen LogP contribution in [0.1, 0.15) is 27.0 Å². The van der Waals surface area contributed by atoms with Gasteiger partial charge in [0.2, 0.25) is 0 Å². The van der Waals surface area contributed by atoms with Crippen LogP contribution in [0.15, 0.2) is 66.9 Å². The van der Waals surface area contributed by atoms with Crippen molar-refractivity contribution in [3.8, 4) is 6.07 Å². The number of hydrogen-bond acceptors (Lipinski definition) is 4. The number of aromatic nitrogens is 1. The number of carbonyl (C=O) groups excluding carboxylic acids is 1. The minimum Gasteiger partial charge on any atom is -0.316 e. The maximum atomic E-state index is 13.5. The van der Waals surface area contributed by atoms with Crippen LogP contribution in [0, 0.1) is 11.3 Å². The van der Waals surface area contributed by atoms with Gasteiger partial charge >= 0.3 is 0 Å². The number of nitriles is 1. The molecule has 5 heteroatoms. The summed E-state index contributed by atoms with van der Waals surface area (Å²) in [7, 11) is 2.16. The van der Waals surface area contributed by atoms with Crippen molar-refractivity contribution >= 4 is 22.2 Å². The zero-order chi connectivity index (χ0) is 21.4. The van der Waals surface area contributed by atoms with Crippen LogP contribution < -0.4 is 0 Å². The zero-order valence-corrected chi connectivity index (χ0v) is 17.6. The van der Waals surface area contributed by atoms with Crippen LogP contribution in [0.2, 0.25) is 0 Å². The molecule has 1 aliphatic heterocycles. The molecule has 31 heavy (non-hydrogen) atoms. The largest absolute Gasteiger partial charge is 0.316 e. The minimum absolute atomic E-state index is 0.0607. The van der Waals surface area contributed by atoms with Crippen molar-refractivity contribution in [2.24, 2.45) is 0 Å². The van der Waals surface area contributed by atoms with Crippen LogP contribution in [0.3, 0.4) is 0 Å². The number of carbonyl (C=O) groups is 1. The lowest BCUT2D eigenvalue weighted by molar-refractivity contribution is 0.104. The Kier molecular flexibility index (Phi) is 5.03. The normalized spacial score (nSPS) is 15.4. The second kappa shape index (κ2) is 7.99. The summed E-state index contributed by atoms with van der Waals surface area (Å²) in [5.74, 6) is -0.0607. The first-order valence-corrected chi connectivity index (χ1v) is 10.6. The summed E-state index contributed by atoms with van der Waals surface area (Å²) in [6, 6.07) is 21.6. The van der Waals surface area contributed by atoms with E-state index in [4.69, 9.17) is 0 Å². The first kappa shape index (κ1) is 19.5. The maximum absolute atomic E-state index is 13.5. The van der Waals surface area contributed by atoms with Crippen LogP contribution in [0.5, 0.6) is 0 Å². The first-order chi connectivity index (χ1) is 15.1. The smallest absolute Gasteiger partial charge is 0.195 e. The van der Waals surface area contributed by atoms with Crippen molar-refractivity contribution in [3.63, 3.8) is 0 Å². The number of rotatable bonds is 4. The molecule has 0 radical (unpaired) electrons. The molecule has 1 saturated heterocycles. The van der Waals surface area contributed by atoms with Gasteiger partial charge in [-0.3, -0.25) is 9.69 Å². The fourth-order valence-electron chi connectivity index (χ4n) is 4.38. The second-order valence-corrected chi connectivity index (χ2v) is 8.32. The van der Waals surface area contributed by atoms with E-state index >= 15 is 0 Å². The molecule has 0 N–H and O–H groups in total. The quantitative estimate of drug-likeness (QED) is 0.480. The standard InChI is InChI=1S/C26H24N4O/c1-28-11-13-29(14-12-28)18-19-4-6-21(7-5-19)26(31)24-16-20(17-27)15-22-8-9-23-3-2-10-30(23)25(22)24/h2-10,15-16H,11-14,18H2,1H3. The number of fused-ring (bicyclic) bond motifs is 3. The Morgan fingerprint density at radius 3 is 2.52 bits per heavy atom. The molecular formula is C26H24N4O. The number of hydrogen-bond donors (Lipinski definition) is 0. The number of ketones is 1. The Hall–Kier alpha value is -3.46. The molecule has 0 spiro atoms. The fraction of sp³-hybridized carbons (Fsp3) is 0.231. The van der Waals surface area contributed by atoms with E-state index in [2.05, 4.69) is 22.9 Å². The van der Waals surface area contributed by atoms with Gasteiger partial charge in [-0.1, -0.05) is 30.3 Å². The molecule has 1 aliphatic rings. The second-order valence-electron chi connectivity index (χ2n) is 8.32. The number of likely N-dealkylation sites (N-methyl/N-ethyl adjacent to an activating group) is 1. The molecule has 2 aromatic carbocycles. The minimum atomic E-state index is -0.0607. The van der Waals surface area contributed by atoms with Crippen LogP contribution in [0.25, 0.3) is 16.4 Å². The molecule has 0 amide bonds. The number of benzene rings is 2. The fourth-order valence-corrected chi connectivity index (χ4v) is 4.38. The highest BCUT2D eigenvalue weighted by molar-refractivity contribution is 6.16. The molecule has 1 fully saturated rings. The molecule has 154 valence electrons. The van der Waals surface area contributed by atoms with Gasteiger partial charge in [0, 0.05) is 61.0 Å². The van der Waals surface area contributed by atoms with E-state index < -0.39 is 0 Å². The molecule has 0 bridgehead atoms. The Morgan fingerprint density at radius 2 is 1.77 bits per heavy atom. The SMILES string of the molecule is CN1CCN(Cc2ccc(C(=O)c3cc(C#N)cc4ccc5cccn5c34)cc2)CC1. The molecule has 5 rings (SSSR count). The molecule has 3 heterocycles. The summed E-state index contributed by atoms with van der Waals surface area (Å²) in [4.78, 5) is 18.3. The van der Waals surface area contributed by atoms with Gasteiger partial charge in [-0.15, -0.1) is 0 Å². The Morgan fingerprint density at radius 1 is 1.00 bits per heavy atom. The van der Waals surface area contributed by atoms with E-state index in [1.807, 2.05) is 65.2 Å². The van der Waals surface area contributed by atoms with E-state index in [0.29, 0.717) is 16.7 Å². The molecule has 5 nitrogen and oxygen atoms in total.